The molecule has 53 heavy (non-hydrogen) atoms. The van der Waals surface area contributed by atoms with Gasteiger partial charge < -0.3 is 25.0 Å². The molecule has 3 unspecified atom stereocenters. The van der Waals surface area contributed by atoms with Crippen molar-refractivity contribution in [1.82, 2.24) is 4.90 Å². The molecule has 5 nitrogen and oxygen atoms in total. The number of aliphatic hydroxyl groups excluding tert-OH is 3. The Labute approximate surface area is 337 Å². The number of ether oxygens (including phenoxy) is 1. The maximum Gasteiger partial charge on any atom is 0.154 e. The van der Waals surface area contributed by atoms with Gasteiger partial charge in [0.1, 0.15) is 0 Å². The maximum atomic E-state index is 10.9. The van der Waals surface area contributed by atoms with E-state index >= 15 is 0 Å². The molecule has 0 aromatic carbocycles. The number of hydrogen-bond donors (Lipinski definition) is 4. The molecule has 0 saturated heterocycles. The lowest BCUT2D eigenvalue weighted by Gasteiger charge is -2.26. The fraction of sp³-hybridized carbons (Fsp3) is 0.915. The topological polar surface area (TPSA) is 73.2 Å². The second kappa shape index (κ2) is 42.8. The summed E-state index contributed by atoms with van der Waals surface area (Å²) in [6.45, 7) is 9.24. The first kappa shape index (κ1) is 52.6. The smallest absolute Gasteiger partial charge is 0.154 e. The average Bonchev–Trinajstić information content (AvgIpc) is 3.15. The zero-order valence-corrected chi connectivity index (χ0v) is 36.6. The third kappa shape index (κ3) is 39.7. The molecule has 0 bridgehead atoms. The second-order valence-corrected chi connectivity index (χ2v) is 16.6. The summed E-state index contributed by atoms with van der Waals surface area (Å²) in [6.07, 6.45) is 44.6. The van der Waals surface area contributed by atoms with Crippen LogP contribution in [0.3, 0.4) is 0 Å². The summed E-state index contributed by atoms with van der Waals surface area (Å²) >= 11 is 4.39. The first-order valence-corrected chi connectivity index (χ1v) is 23.9. The minimum Gasteiger partial charge on any atom is -0.393 e. The van der Waals surface area contributed by atoms with Crippen LogP contribution < -0.4 is 0 Å². The maximum absolute atomic E-state index is 10.9. The highest BCUT2D eigenvalue weighted by Crippen LogP contribution is 2.20. The van der Waals surface area contributed by atoms with E-state index in [-0.39, 0.29) is 18.3 Å². The Kier molecular flexibility index (Phi) is 42.5. The van der Waals surface area contributed by atoms with Crippen molar-refractivity contribution in [3.05, 3.63) is 24.3 Å². The Bertz CT molecular complexity index is 749. The zero-order chi connectivity index (χ0) is 38.9. The second-order valence-electron chi connectivity index (χ2n) is 16.1. The number of thiol groups is 1. The summed E-state index contributed by atoms with van der Waals surface area (Å²) in [7, 11) is 0. The molecule has 0 heterocycles. The predicted octanol–water partition coefficient (Wildman–Crippen LogP) is 13.3. The van der Waals surface area contributed by atoms with Crippen molar-refractivity contribution in [2.24, 2.45) is 0 Å². The largest absolute Gasteiger partial charge is 0.393 e. The Hall–Kier alpha value is -0.370. The van der Waals surface area contributed by atoms with E-state index in [1.165, 1.54) is 116 Å². The Morgan fingerprint density at radius 1 is 0.472 bits per heavy atom. The molecular weight excluding hydrogens is 675 g/mol. The quantitative estimate of drug-likeness (QED) is 0.0215. The van der Waals surface area contributed by atoms with Crippen molar-refractivity contribution >= 4 is 12.6 Å². The first-order chi connectivity index (χ1) is 26.0. The molecule has 0 fully saturated rings. The van der Waals surface area contributed by atoms with Gasteiger partial charge in [0, 0.05) is 13.1 Å². The molecule has 0 rings (SSSR count). The van der Waals surface area contributed by atoms with Crippen LogP contribution in [0.25, 0.3) is 0 Å². The minimum atomic E-state index is -0.673. The predicted molar refractivity (Wildman–Crippen MR) is 236 cm³/mol. The molecule has 0 spiro atoms. The fourth-order valence-corrected chi connectivity index (χ4v) is 7.42. The van der Waals surface area contributed by atoms with Crippen LogP contribution in [0.1, 0.15) is 226 Å². The third-order valence-electron chi connectivity index (χ3n) is 10.7. The van der Waals surface area contributed by atoms with Crippen LogP contribution >= 0.6 is 12.6 Å². The Morgan fingerprint density at radius 2 is 0.943 bits per heavy atom. The lowest BCUT2D eigenvalue weighted by Crippen LogP contribution is -2.35. The number of unbranched alkanes of at least 4 members (excludes halogenated alkanes) is 19. The highest BCUT2D eigenvalue weighted by molar-refractivity contribution is 7.80. The lowest BCUT2D eigenvalue weighted by atomic mass is 10.0. The van der Waals surface area contributed by atoms with Crippen LogP contribution in [0.2, 0.25) is 0 Å². The third-order valence-corrected chi connectivity index (χ3v) is 11.0. The summed E-state index contributed by atoms with van der Waals surface area (Å²) in [5, 5.41) is 32.3. The van der Waals surface area contributed by atoms with E-state index in [1.807, 2.05) is 0 Å². The number of rotatable bonds is 43. The van der Waals surface area contributed by atoms with Crippen LogP contribution in [-0.2, 0) is 4.74 Å². The van der Waals surface area contributed by atoms with Crippen molar-refractivity contribution in [3.63, 3.8) is 0 Å². The van der Waals surface area contributed by atoms with Gasteiger partial charge in [-0.3, -0.25) is 0 Å². The molecule has 0 aliphatic heterocycles. The highest BCUT2D eigenvalue weighted by atomic mass is 32.1. The van der Waals surface area contributed by atoms with Gasteiger partial charge in [0.2, 0.25) is 0 Å². The fourth-order valence-electron chi connectivity index (χ4n) is 7.20. The molecule has 0 aliphatic rings. The van der Waals surface area contributed by atoms with E-state index in [2.05, 4.69) is 62.6 Å². The Morgan fingerprint density at radius 3 is 1.55 bits per heavy atom. The molecule has 6 heteroatoms. The van der Waals surface area contributed by atoms with Gasteiger partial charge in [-0.2, -0.15) is 12.6 Å². The van der Waals surface area contributed by atoms with E-state index in [4.69, 9.17) is 4.74 Å². The van der Waals surface area contributed by atoms with E-state index in [9.17, 15) is 15.3 Å². The van der Waals surface area contributed by atoms with Crippen LogP contribution in [0.4, 0.5) is 0 Å². The standard InChI is InChI=1S/C47H93NO4S/c1-4-7-10-13-16-17-18-19-20-21-22-23-27-34-44(49)39-41-48(40-32-33-42-53)43-45(50)35-28-26-31-38-47(51)52-46(36-29-24-14-11-8-5-2)37-30-25-15-12-9-6-3/h16-17,19-20,44-47,49-51,53H,4-15,18,21-43H2,1-3H3/b17-16-,20-19-. The number of aliphatic hydroxyl groups is 3. The molecule has 0 saturated carbocycles. The summed E-state index contributed by atoms with van der Waals surface area (Å²) in [4.78, 5) is 2.35. The van der Waals surface area contributed by atoms with Crippen molar-refractivity contribution in [1.29, 1.82) is 0 Å². The van der Waals surface area contributed by atoms with Crippen LogP contribution in [-0.4, -0.2) is 70.2 Å². The first-order valence-electron chi connectivity index (χ1n) is 23.3. The van der Waals surface area contributed by atoms with E-state index < -0.39 is 6.29 Å². The van der Waals surface area contributed by atoms with Crippen molar-refractivity contribution in [3.8, 4) is 0 Å². The molecule has 3 atom stereocenters. The van der Waals surface area contributed by atoms with Crippen molar-refractivity contribution in [2.45, 2.75) is 251 Å². The molecule has 316 valence electrons. The summed E-state index contributed by atoms with van der Waals surface area (Å²) in [6, 6.07) is 0. The molecule has 0 aromatic heterocycles. The van der Waals surface area contributed by atoms with Gasteiger partial charge in [-0.25, -0.2) is 0 Å². The summed E-state index contributed by atoms with van der Waals surface area (Å²) in [5.74, 6) is 0.887. The van der Waals surface area contributed by atoms with Gasteiger partial charge in [-0.15, -0.1) is 0 Å². The Balaban J connectivity index is 4.32. The van der Waals surface area contributed by atoms with E-state index in [1.54, 1.807) is 0 Å². The van der Waals surface area contributed by atoms with Crippen LogP contribution in [0, 0.1) is 0 Å². The van der Waals surface area contributed by atoms with Gasteiger partial charge in [0.25, 0.3) is 0 Å². The highest BCUT2D eigenvalue weighted by Gasteiger charge is 2.16. The number of hydrogen-bond acceptors (Lipinski definition) is 6. The summed E-state index contributed by atoms with van der Waals surface area (Å²) < 4.78 is 6.22. The van der Waals surface area contributed by atoms with Gasteiger partial charge in [-0.05, 0) is 102 Å². The van der Waals surface area contributed by atoms with Gasteiger partial charge in [0.05, 0.1) is 18.3 Å². The molecule has 3 N–H and O–H groups in total. The number of allylic oxidation sites excluding steroid dienone is 4. The monoisotopic (exact) mass is 768 g/mol. The molecular formula is C47H93NO4S. The van der Waals surface area contributed by atoms with Crippen molar-refractivity contribution in [2.75, 3.05) is 25.4 Å². The van der Waals surface area contributed by atoms with Crippen LogP contribution in [0.5, 0.6) is 0 Å². The lowest BCUT2D eigenvalue weighted by molar-refractivity contribution is -0.144. The molecule has 0 aliphatic carbocycles. The SMILES string of the molecule is CCCCC/C=C\C/C=C\CCCCCC(O)CCN(CCCCS)CC(O)CCCCCC(O)OC(CCCCCCCC)CCCCCCCC. The van der Waals surface area contributed by atoms with Crippen LogP contribution in [0.15, 0.2) is 24.3 Å². The van der Waals surface area contributed by atoms with E-state index in [0.29, 0.717) is 13.0 Å². The van der Waals surface area contributed by atoms with Crippen molar-refractivity contribution < 1.29 is 20.1 Å². The van der Waals surface area contributed by atoms with Gasteiger partial charge in [0.15, 0.2) is 6.29 Å². The van der Waals surface area contributed by atoms with E-state index in [0.717, 1.165) is 102 Å². The molecule has 0 radical (unpaired) electrons. The van der Waals surface area contributed by atoms with Gasteiger partial charge in [-0.1, -0.05) is 161 Å². The minimum absolute atomic E-state index is 0.182. The zero-order valence-electron chi connectivity index (χ0n) is 35.7. The van der Waals surface area contributed by atoms with Gasteiger partial charge >= 0.3 is 0 Å². The summed E-state index contributed by atoms with van der Waals surface area (Å²) in [5.41, 5.74) is 0. The molecule has 0 aromatic rings. The average molecular weight is 768 g/mol. The number of nitrogens with zero attached hydrogens (tertiary/aromatic N) is 1. The molecule has 0 amide bonds. The normalized spacial score (nSPS) is 14.1.